The van der Waals surface area contributed by atoms with Gasteiger partial charge < -0.3 is 4.90 Å². The minimum Gasteiger partial charge on any atom is -0.366 e. The van der Waals surface area contributed by atoms with Crippen LogP contribution in [0.4, 0.5) is 0 Å². The lowest BCUT2D eigenvalue weighted by Gasteiger charge is -2.34. The molecule has 156 valence electrons. The Morgan fingerprint density at radius 2 is 1.59 bits per heavy atom. The third-order valence-electron chi connectivity index (χ3n) is 7.05. The van der Waals surface area contributed by atoms with Gasteiger partial charge in [0.05, 0.1) is 5.57 Å². The van der Waals surface area contributed by atoms with Crippen LogP contribution in [0.3, 0.4) is 0 Å². The molecule has 1 unspecified atom stereocenters. The van der Waals surface area contributed by atoms with E-state index in [0.717, 1.165) is 56.3 Å². The lowest BCUT2D eigenvalue weighted by atomic mass is 9.96. The number of carbonyl (C=O) groups excluding carboxylic acids is 2. The SMILES string of the molecule is Cc1ccc(C2=C(N3CCCC(C)C3)C(=O)N(C3CCCCCC3)C2=O)cc1C. The van der Waals surface area contributed by atoms with E-state index < -0.39 is 0 Å². The van der Waals surface area contributed by atoms with Gasteiger partial charge in [-0.05, 0) is 62.1 Å². The summed E-state index contributed by atoms with van der Waals surface area (Å²) in [5.41, 5.74) is 4.57. The van der Waals surface area contributed by atoms with Crippen molar-refractivity contribution in [3.8, 4) is 0 Å². The van der Waals surface area contributed by atoms with Crippen molar-refractivity contribution in [3.05, 3.63) is 40.6 Å². The first kappa shape index (κ1) is 20.2. The van der Waals surface area contributed by atoms with Gasteiger partial charge in [-0.3, -0.25) is 14.5 Å². The van der Waals surface area contributed by atoms with Crippen molar-refractivity contribution < 1.29 is 9.59 Å². The fourth-order valence-electron chi connectivity index (χ4n) is 5.23. The van der Waals surface area contributed by atoms with Crippen LogP contribution >= 0.6 is 0 Å². The summed E-state index contributed by atoms with van der Waals surface area (Å²) < 4.78 is 0. The summed E-state index contributed by atoms with van der Waals surface area (Å²) >= 11 is 0. The Morgan fingerprint density at radius 1 is 0.862 bits per heavy atom. The van der Waals surface area contributed by atoms with Gasteiger partial charge >= 0.3 is 0 Å². The molecule has 0 N–H and O–H groups in total. The maximum atomic E-state index is 13.7. The highest BCUT2D eigenvalue weighted by Gasteiger charge is 2.45. The van der Waals surface area contributed by atoms with E-state index in [9.17, 15) is 9.59 Å². The lowest BCUT2D eigenvalue weighted by Crippen LogP contribution is -2.43. The van der Waals surface area contributed by atoms with Crippen molar-refractivity contribution in [2.45, 2.75) is 78.2 Å². The first-order valence-electron chi connectivity index (χ1n) is 11.4. The zero-order valence-corrected chi connectivity index (χ0v) is 18.2. The molecule has 2 aliphatic heterocycles. The van der Waals surface area contributed by atoms with Crippen LogP contribution < -0.4 is 0 Å². The van der Waals surface area contributed by atoms with Crippen LogP contribution in [0.2, 0.25) is 0 Å². The van der Waals surface area contributed by atoms with Gasteiger partial charge in [0.2, 0.25) is 0 Å². The molecular weight excluding hydrogens is 360 g/mol. The standard InChI is InChI=1S/C25H34N2O2/c1-17-9-8-14-26(16-17)23-22(20-13-12-18(2)19(3)15-20)24(28)27(25(23)29)21-10-6-4-5-7-11-21/h12-13,15,17,21H,4-11,14,16H2,1-3H3. The molecule has 4 heteroatoms. The molecule has 0 bridgehead atoms. The smallest absolute Gasteiger partial charge is 0.278 e. The average molecular weight is 395 g/mol. The van der Waals surface area contributed by atoms with Crippen LogP contribution in [0.25, 0.3) is 5.57 Å². The highest BCUT2D eigenvalue weighted by molar-refractivity contribution is 6.35. The molecule has 1 atom stereocenters. The Balaban J connectivity index is 1.77. The van der Waals surface area contributed by atoms with Crippen LogP contribution in [-0.2, 0) is 9.59 Å². The predicted octanol–water partition coefficient (Wildman–Crippen LogP) is 4.84. The number of aryl methyl sites for hydroxylation is 2. The summed E-state index contributed by atoms with van der Waals surface area (Å²) in [5.74, 6) is 0.426. The average Bonchev–Trinajstić information content (AvgIpc) is 2.85. The lowest BCUT2D eigenvalue weighted by molar-refractivity contribution is -0.140. The highest BCUT2D eigenvalue weighted by Crippen LogP contribution is 2.37. The van der Waals surface area contributed by atoms with Crippen molar-refractivity contribution in [1.29, 1.82) is 0 Å². The highest BCUT2D eigenvalue weighted by atomic mass is 16.2. The molecular formula is C25H34N2O2. The summed E-state index contributed by atoms with van der Waals surface area (Å²) in [6.45, 7) is 8.13. The first-order valence-corrected chi connectivity index (χ1v) is 11.4. The van der Waals surface area contributed by atoms with E-state index in [1.165, 1.54) is 24.8 Å². The first-order chi connectivity index (χ1) is 14.0. The summed E-state index contributed by atoms with van der Waals surface area (Å²) in [6.07, 6.45) is 8.80. The molecule has 0 spiro atoms. The van der Waals surface area contributed by atoms with E-state index in [2.05, 4.69) is 37.8 Å². The largest absolute Gasteiger partial charge is 0.366 e. The number of imide groups is 1. The van der Waals surface area contributed by atoms with Gasteiger partial charge in [0.1, 0.15) is 5.70 Å². The van der Waals surface area contributed by atoms with Crippen LogP contribution in [0.5, 0.6) is 0 Å². The fraction of sp³-hybridized carbons (Fsp3) is 0.600. The second-order valence-electron chi connectivity index (χ2n) is 9.34. The van der Waals surface area contributed by atoms with Gasteiger partial charge in [0.25, 0.3) is 11.8 Å². The quantitative estimate of drug-likeness (QED) is 0.544. The van der Waals surface area contributed by atoms with E-state index in [-0.39, 0.29) is 17.9 Å². The normalized spacial score (nSPS) is 24.4. The summed E-state index contributed by atoms with van der Waals surface area (Å²) in [5, 5.41) is 0. The molecule has 1 saturated heterocycles. The van der Waals surface area contributed by atoms with Crippen LogP contribution in [0.1, 0.15) is 75.0 Å². The maximum Gasteiger partial charge on any atom is 0.278 e. The Hall–Kier alpha value is -2.10. The minimum atomic E-state index is -0.0709. The second kappa shape index (κ2) is 8.33. The molecule has 2 fully saturated rings. The Labute approximate surface area is 175 Å². The van der Waals surface area contributed by atoms with Crippen molar-refractivity contribution in [2.75, 3.05) is 13.1 Å². The van der Waals surface area contributed by atoms with Crippen LogP contribution in [0.15, 0.2) is 23.9 Å². The third kappa shape index (κ3) is 3.86. The van der Waals surface area contributed by atoms with Crippen LogP contribution in [-0.4, -0.2) is 40.7 Å². The fourth-order valence-corrected chi connectivity index (χ4v) is 5.23. The molecule has 0 aromatic heterocycles. The van der Waals surface area contributed by atoms with Gasteiger partial charge in [0, 0.05) is 19.1 Å². The van der Waals surface area contributed by atoms with Crippen molar-refractivity contribution >= 4 is 17.4 Å². The minimum absolute atomic E-state index is 0.0516. The Morgan fingerprint density at radius 3 is 2.24 bits per heavy atom. The van der Waals surface area contributed by atoms with E-state index in [1.54, 1.807) is 4.90 Å². The number of amides is 2. The Kier molecular flexibility index (Phi) is 5.80. The van der Waals surface area contributed by atoms with E-state index in [0.29, 0.717) is 17.2 Å². The van der Waals surface area contributed by atoms with Crippen molar-refractivity contribution in [2.24, 2.45) is 5.92 Å². The number of nitrogens with zero attached hydrogens (tertiary/aromatic N) is 2. The number of carbonyl (C=O) groups is 2. The summed E-state index contributed by atoms with van der Waals surface area (Å²) in [4.78, 5) is 31.2. The van der Waals surface area contributed by atoms with Gasteiger partial charge in [-0.15, -0.1) is 0 Å². The van der Waals surface area contributed by atoms with Gasteiger partial charge in [-0.2, -0.15) is 0 Å². The summed E-state index contributed by atoms with van der Waals surface area (Å²) in [7, 11) is 0. The summed E-state index contributed by atoms with van der Waals surface area (Å²) in [6, 6.07) is 6.23. The number of hydrogen-bond acceptors (Lipinski definition) is 3. The zero-order valence-electron chi connectivity index (χ0n) is 18.2. The number of likely N-dealkylation sites (tertiary alicyclic amines) is 1. The molecule has 2 heterocycles. The number of piperidine rings is 1. The predicted molar refractivity (Wildman–Crippen MR) is 116 cm³/mol. The van der Waals surface area contributed by atoms with Crippen molar-refractivity contribution in [1.82, 2.24) is 9.80 Å². The van der Waals surface area contributed by atoms with E-state index in [4.69, 9.17) is 0 Å². The Bertz CT molecular complexity index is 833. The van der Waals surface area contributed by atoms with Gasteiger partial charge in [-0.1, -0.05) is 50.8 Å². The molecule has 1 aromatic carbocycles. The maximum absolute atomic E-state index is 13.7. The molecule has 4 nitrogen and oxygen atoms in total. The molecule has 4 rings (SSSR count). The zero-order chi connectivity index (χ0) is 20.5. The van der Waals surface area contributed by atoms with Crippen LogP contribution in [0, 0.1) is 19.8 Å². The number of benzene rings is 1. The molecule has 2 amide bonds. The molecule has 1 aromatic rings. The van der Waals surface area contributed by atoms with Gasteiger partial charge in [-0.25, -0.2) is 0 Å². The van der Waals surface area contributed by atoms with Crippen molar-refractivity contribution in [3.63, 3.8) is 0 Å². The molecule has 3 aliphatic rings. The molecule has 0 radical (unpaired) electrons. The number of rotatable bonds is 3. The molecule has 29 heavy (non-hydrogen) atoms. The third-order valence-corrected chi connectivity index (χ3v) is 7.05. The topological polar surface area (TPSA) is 40.6 Å². The monoisotopic (exact) mass is 394 g/mol. The van der Waals surface area contributed by atoms with Gasteiger partial charge in [0.15, 0.2) is 0 Å². The molecule has 1 saturated carbocycles. The van der Waals surface area contributed by atoms with E-state index in [1.807, 2.05) is 6.07 Å². The molecule has 1 aliphatic carbocycles. The second-order valence-corrected chi connectivity index (χ2v) is 9.34. The van der Waals surface area contributed by atoms with E-state index >= 15 is 0 Å². The number of hydrogen-bond donors (Lipinski definition) is 0.